The molecule has 0 unspecified atom stereocenters. The Morgan fingerprint density at radius 2 is 2.21 bits per heavy atom. The van der Waals surface area contributed by atoms with Crippen molar-refractivity contribution in [1.29, 1.82) is 5.26 Å². The predicted molar refractivity (Wildman–Crippen MR) is 71.6 cm³/mol. The maximum absolute atomic E-state index is 9.16. The monoisotopic (exact) mass is 275 g/mol. The average Bonchev–Trinajstić information content (AvgIpc) is 2.88. The van der Waals surface area contributed by atoms with Crippen LogP contribution >= 0.6 is 11.3 Å². The van der Waals surface area contributed by atoms with Crippen LogP contribution in [0.3, 0.4) is 0 Å². The van der Waals surface area contributed by atoms with Gasteiger partial charge in [-0.25, -0.2) is 4.98 Å². The van der Waals surface area contributed by atoms with Crippen LogP contribution in [0.15, 0.2) is 5.38 Å². The van der Waals surface area contributed by atoms with E-state index in [1.165, 1.54) is 11.3 Å². The van der Waals surface area contributed by atoms with Gasteiger partial charge in [0.15, 0.2) is 5.82 Å². The summed E-state index contributed by atoms with van der Waals surface area (Å²) in [7, 11) is 0. The van der Waals surface area contributed by atoms with Crippen LogP contribution in [0.25, 0.3) is 0 Å². The number of nitriles is 1. The number of nitrogens with one attached hydrogen (secondary N) is 1. The van der Waals surface area contributed by atoms with Crippen molar-refractivity contribution in [3.8, 4) is 6.07 Å². The average molecular weight is 275 g/mol. The summed E-state index contributed by atoms with van der Waals surface area (Å²) in [6.45, 7) is 4.06. The molecule has 0 saturated heterocycles. The molecule has 0 bridgehead atoms. The molecule has 7 heteroatoms. The van der Waals surface area contributed by atoms with Crippen LogP contribution < -0.4 is 5.32 Å². The van der Waals surface area contributed by atoms with Crippen molar-refractivity contribution in [2.75, 3.05) is 5.32 Å². The zero-order valence-corrected chi connectivity index (χ0v) is 11.5. The molecule has 0 radical (unpaired) electrons. The second-order valence-electron chi connectivity index (χ2n) is 3.99. The van der Waals surface area contributed by atoms with Crippen LogP contribution in [0, 0.1) is 25.2 Å². The van der Waals surface area contributed by atoms with Gasteiger partial charge in [-0.05, 0) is 19.4 Å². The molecular formula is C12H13N5OS. The van der Waals surface area contributed by atoms with Gasteiger partial charge in [0.25, 0.3) is 0 Å². The highest BCUT2D eigenvalue weighted by Crippen LogP contribution is 2.18. The standard InChI is InChI=1S/C12H13N5OS/c1-7-8(2)16-17-12(10(7)3-13)14-4-11-15-9(5-18)6-19-11/h6,18H,4-5H2,1-2H3,(H,14,17). The van der Waals surface area contributed by atoms with E-state index in [-0.39, 0.29) is 6.61 Å². The minimum absolute atomic E-state index is 0.0661. The molecule has 2 rings (SSSR count). The third kappa shape index (κ3) is 2.86. The first-order valence-electron chi connectivity index (χ1n) is 5.67. The van der Waals surface area contributed by atoms with E-state index in [0.29, 0.717) is 23.6 Å². The molecule has 0 fully saturated rings. The number of aliphatic hydroxyl groups excluding tert-OH is 1. The van der Waals surface area contributed by atoms with Crippen LogP contribution in [-0.2, 0) is 13.2 Å². The highest BCUT2D eigenvalue weighted by atomic mass is 32.1. The van der Waals surface area contributed by atoms with Gasteiger partial charge in [0.05, 0.1) is 24.5 Å². The van der Waals surface area contributed by atoms with Crippen LogP contribution in [0.4, 0.5) is 5.82 Å². The van der Waals surface area contributed by atoms with Crippen LogP contribution in [0.1, 0.15) is 27.5 Å². The second kappa shape index (κ2) is 5.73. The zero-order valence-electron chi connectivity index (χ0n) is 10.6. The predicted octanol–water partition coefficient (Wildman–Crippen LogP) is 1.53. The van der Waals surface area contributed by atoms with Gasteiger partial charge in [0.2, 0.25) is 0 Å². The van der Waals surface area contributed by atoms with E-state index in [4.69, 9.17) is 10.4 Å². The topological polar surface area (TPSA) is 94.7 Å². The molecule has 0 amide bonds. The van der Waals surface area contributed by atoms with Crippen molar-refractivity contribution in [2.45, 2.75) is 27.0 Å². The van der Waals surface area contributed by atoms with Gasteiger partial charge in [0.1, 0.15) is 16.6 Å². The first-order valence-corrected chi connectivity index (χ1v) is 6.55. The molecule has 2 aromatic rings. The summed E-state index contributed by atoms with van der Waals surface area (Å²) >= 11 is 1.45. The lowest BCUT2D eigenvalue weighted by atomic mass is 10.1. The molecule has 0 aliphatic heterocycles. The Labute approximate surface area is 114 Å². The van der Waals surface area contributed by atoms with Crippen molar-refractivity contribution in [2.24, 2.45) is 0 Å². The van der Waals surface area contributed by atoms with E-state index in [1.54, 1.807) is 5.38 Å². The molecule has 0 aliphatic carbocycles. The smallest absolute Gasteiger partial charge is 0.167 e. The second-order valence-corrected chi connectivity index (χ2v) is 4.93. The maximum atomic E-state index is 9.16. The molecule has 0 aromatic carbocycles. The Bertz CT molecular complexity index is 632. The molecular weight excluding hydrogens is 262 g/mol. The number of anilines is 1. The fourth-order valence-corrected chi connectivity index (χ4v) is 2.26. The third-order valence-corrected chi connectivity index (χ3v) is 3.63. The lowest BCUT2D eigenvalue weighted by Crippen LogP contribution is -2.07. The molecule has 98 valence electrons. The van der Waals surface area contributed by atoms with E-state index < -0.39 is 0 Å². The first-order chi connectivity index (χ1) is 9.15. The molecule has 0 aliphatic rings. The highest BCUT2D eigenvalue weighted by molar-refractivity contribution is 7.09. The summed E-state index contributed by atoms with van der Waals surface area (Å²) in [5, 5.41) is 31.8. The molecule has 0 atom stereocenters. The number of aliphatic hydroxyl groups is 1. The first kappa shape index (κ1) is 13.4. The lowest BCUT2D eigenvalue weighted by Gasteiger charge is -2.08. The SMILES string of the molecule is Cc1nnc(NCc2nc(CO)cs2)c(C#N)c1C. The Kier molecular flexibility index (Phi) is 4.04. The number of hydrogen-bond acceptors (Lipinski definition) is 7. The quantitative estimate of drug-likeness (QED) is 0.878. The molecule has 2 aromatic heterocycles. The number of aryl methyl sites for hydroxylation is 1. The summed E-state index contributed by atoms with van der Waals surface area (Å²) in [4.78, 5) is 4.21. The molecule has 2 heterocycles. The highest BCUT2D eigenvalue weighted by Gasteiger charge is 2.11. The Hall–Kier alpha value is -2.04. The Morgan fingerprint density at radius 1 is 1.42 bits per heavy atom. The maximum Gasteiger partial charge on any atom is 0.167 e. The van der Waals surface area contributed by atoms with Crippen LogP contribution in [0.5, 0.6) is 0 Å². The van der Waals surface area contributed by atoms with Crippen LogP contribution in [0.2, 0.25) is 0 Å². The zero-order chi connectivity index (χ0) is 13.8. The molecule has 19 heavy (non-hydrogen) atoms. The van der Waals surface area contributed by atoms with Gasteiger partial charge in [-0.3, -0.25) is 0 Å². The summed E-state index contributed by atoms with van der Waals surface area (Å²) in [6.07, 6.45) is 0. The van der Waals surface area contributed by atoms with E-state index in [0.717, 1.165) is 16.3 Å². The Balaban J connectivity index is 2.16. The third-order valence-electron chi connectivity index (χ3n) is 2.73. The molecule has 2 N–H and O–H groups in total. The lowest BCUT2D eigenvalue weighted by molar-refractivity contribution is 0.277. The fraction of sp³-hybridized carbons (Fsp3) is 0.333. The minimum Gasteiger partial charge on any atom is -0.390 e. The summed E-state index contributed by atoms with van der Waals surface area (Å²) in [6, 6.07) is 2.14. The molecule has 0 saturated carbocycles. The van der Waals surface area contributed by atoms with Crippen molar-refractivity contribution in [3.63, 3.8) is 0 Å². The van der Waals surface area contributed by atoms with E-state index in [2.05, 4.69) is 26.6 Å². The number of nitrogens with zero attached hydrogens (tertiary/aromatic N) is 4. The van der Waals surface area contributed by atoms with E-state index in [1.807, 2.05) is 13.8 Å². The molecule has 6 nitrogen and oxygen atoms in total. The van der Waals surface area contributed by atoms with Crippen molar-refractivity contribution < 1.29 is 5.11 Å². The number of hydrogen-bond donors (Lipinski definition) is 2. The van der Waals surface area contributed by atoms with Gasteiger partial charge in [0, 0.05) is 5.38 Å². The van der Waals surface area contributed by atoms with Gasteiger partial charge in [-0.2, -0.15) is 10.4 Å². The van der Waals surface area contributed by atoms with E-state index in [9.17, 15) is 0 Å². The normalized spacial score (nSPS) is 10.2. The number of rotatable bonds is 4. The van der Waals surface area contributed by atoms with Crippen molar-refractivity contribution in [3.05, 3.63) is 32.9 Å². The van der Waals surface area contributed by atoms with Gasteiger partial charge in [-0.1, -0.05) is 0 Å². The van der Waals surface area contributed by atoms with Crippen molar-refractivity contribution in [1.82, 2.24) is 15.2 Å². The van der Waals surface area contributed by atoms with E-state index >= 15 is 0 Å². The van der Waals surface area contributed by atoms with Gasteiger partial charge >= 0.3 is 0 Å². The summed E-state index contributed by atoms with van der Waals surface area (Å²) in [5.74, 6) is 0.464. The Morgan fingerprint density at radius 3 is 2.84 bits per heavy atom. The van der Waals surface area contributed by atoms with Crippen molar-refractivity contribution >= 4 is 17.2 Å². The number of aromatic nitrogens is 3. The number of thiazole rings is 1. The summed E-state index contributed by atoms with van der Waals surface area (Å²) < 4.78 is 0. The summed E-state index contributed by atoms with van der Waals surface area (Å²) in [5.41, 5.74) is 2.73. The molecule has 0 spiro atoms. The minimum atomic E-state index is -0.0661. The van der Waals surface area contributed by atoms with Crippen LogP contribution in [-0.4, -0.2) is 20.3 Å². The largest absolute Gasteiger partial charge is 0.390 e. The fourth-order valence-electron chi connectivity index (χ4n) is 1.53. The van der Waals surface area contributed by atoms with Gasteiger partial charge < -0.3 is 10.4 Å². The van der Waals surface area contributed by atoms with Gasteiger partial charge in [-0.15, -0.1) is 16.4 Å².